The molecule has 1 spiro atoms. The van der Waals surface area contributed by atoms with Crippen molar-refractivity contribution in [2.75, 3.05) is 0 Å². The summed E-state index contributed by atoms with van der Waals surface area (Å²) < 4.78 is 11.4. The van der Waals surface area contributed by atoms with Gasteiger partial charge in [-0.3, -0.25) is 14.4 Å². The van der Waals surface area contributed by atoms with Crippen LogP contribution >= 0.6 is 0 Å². The molecule has 5 aliphatic rings. The molecule has 3 fully saturated rings. The fourth-order valence-electron chi connectivity index (χ4n) is 7.47. The number of rotatable bonds is 1. The van der Waals surface area contributed by atoms with Crippen molar-refractivity contribution in [3.63, 3.8) is 0 Å². The van der Waals surface area contributed by atoms with E-state index in [-0.39, 0.29) is 42.0 Å². The molecule has 0 aromatic heterocycles. The van der Waals surface area contributed by atoms with Crippen molar-refractivity contribution in [2.45, 2.75) is 70.7 Å². The lowest BCUT2D eigenvalue weighted by Crippen LogP contribution is -2.70. The molecule has 6 heteroatoms. The molecule has 0 bridgehead atoms. The summed E-state index contributed by atoms with van der Waals surface area (Å²) in [5.74, 6) is -0.951. The van der Waals surface area contributed by atoms with Gasteiger partial charge in [0.1, 0.15) is 17.8 Å². The monoisotopic (exact) mass is 400 g/mol. The molecule has 2 saturated carbocycles. The van der Waals surface area contributed by atoms with Gasteiger partial charge in [0.2, 0.25) is 0 Å². The van der Waals surface area contributed by atoms with E-state index in [4.69, 9.17) is 9.47 Å². The standard InChI is InChI=1S/C23H28O6/c1-12-16-6-7-17-18-5-4-14-10-15(25)8-9-21(14,3)23(18,27)19(29-13(2)24)11-22(16,17)20(26)28-12/h4-5,10,12,16-19,27H,6-9,11H2,1-3H3. The minimum absolute atomic E-state index is 0.0506. The fraction of sp³-hybridized carbons (Fsp3) is 0.696. The number of fused-ring (bicyclic) bond motifs is 4. The average Bonchev–Trinajstić information content (AvgIpc) is 3.13. The minimum Gasteiger partial charge on any atom is -0.462 e. The fourth-order valence-corrected chi connectivity index (χ4v) is 7.47. The summed E-state index contributed by atoms with van der Waals surface area (Å²) in [5, 5.41) is 12.3. The molecule has 5 rings (SSSR count). The number of ether oxygens (including phenoxy) is 2. The van der Waals surface area contributed by atoms with E-state index in [1.165, 1.54) is 6.92 Å². The number of carbonyl (C=O) groups is 3. The molecule has 1 aliphatic heterocycles. The SMILES string of the molecule is CC(=O)OC1CC23C(=O)OC(C)C2CCC3C2C=CC3=CC(=O)CCC3(C)C12O. The zero-order valence-electron chi connectivity index (χ0n) is 17.1. The first-order chi connectivity index (χ1) is 13.6. The van der Waals surface area contributed by atoms with E-state index in [0.717, 1.165) is 18.4 Å². The Labute approximate surface area is 170 Å². The van der Waals surface area contributed by atoms with Crippen LogP contribution in [0.1, 0.15) is 52.9 Å². The van der Waals surface area contributed by atoms with Crippen molar-refractivity contribution in [1.82, 2.24) is 0 Å². The van der Waals surface area contributed by atoms with Gasteiger partial charge in [0.15, 0.2) is 5.78 Å². The molecule has 4 aliphatic carbocycles. The molecule has 156 valence electrons. The second kappa shape index (κ2) is 5.81. The van der Waals surface area contributed by atoms with E-state index < -0.39 is 28.5 Å². The van der Waals surface area contributed by atoms with Crippen molar-refractivity contribution in [3.05, 3.63) is 23.8 Å². The summed E-state index contributed by atoms with van der Waals surface area (Å²) in [6.07, 6.45) is 7.35. The lowest BCUT2D eigenvalue weighted by atomic mass is 9.45. The highest BCUT2D eigenvalue weighted by molar-refractivity contribution is 5.92. The average molecular weight is 400 g/mol. The van der Waals surface area contributed by atoms with Crippen LogP contribution < -0.4 is 0 Å². The van der Waals surface area contributed by atoms with Crippen LogP contribution in [-0.4, -0.2) is 40.6 Å². The summed E-state index contributed by atoms with van der Waals surface area (Å²) in [6.45, 7) is 5.25. The van der Waals surface area contributed by atoms with Crippen LogP contribution in [0.25, 0.3) is 0 Å². The van der Waals surface area contributed by atoms with Gasteiger partial charge in [-0.15, -0.1) is 0 Å². The highest BCUT2D eigenvalue weighted by Gasteiger charge is 2.75. The van der Waals surface area contributed by atoms with E-state index in [9.17, 15) is 19.5 Å². The van der Waals surface area contributed by atoms with Crippen molar-refractivity contribution in [1.29, 1.82) is 0 Å². The molecule has 0 amide bonds. The molecule has 8 atom stereocenters. The molecule has 29 heavy (non-hydrogen) atoms. The Morgan fingerprint density at radius 3 is 2.72 bits per heavy atom. The quantitative estimate of drug-likeness (QED) is 0.680. The summed E-state index contributed by atoms with van der Waals surface area (Å²) in [7, 11) is 0. The van der Waals surface area contributed by atoms with Crippen molar-refractivity contribution < 1.29 is 29.0 Å². The Morgan fingerprint density at radius 1 is 1.28 bits per heavy atom. The van der Waals surface area contributed by atoms with E-state index in [0.29, 0.717) is 12.8 Å². The number of hydrogen-bond donors (Lipinski definition) is 1. The predicted octanol–water partition coefficient (Wildman–Crippen LogP) is 2.49. The molecule has 1 saturated heterocycles. The third kappa shape index (κ3) is 2.13. The Kier molecular flexibility index (Phi) is 3.81. The second-order valence-electron chi connectivity index (χ2n) is 9.85. The van der Waals surface area contributed by atoms with Gasteiger partial charge in [-0.25, -0.2) is 0 Å². The Bertz CT molecular complexity index is 873. The third-order valence-corrected chi connectivity index (χ3v) is 8.81. The van der Waals surface area contributed by atoms with Gasteiger partial charge in [-0.05, 0) is 43.8 Å². The maximum atomic E-state index is 13.1. The molecule has 1 heterocycles. The molecular formula is C23H28O6. The number of esters is 2. The number of carbonyl (C=O) groups excluding carboxylic acids is 3. The number of cyclic esters (lactones) is 1. The van der Waals surface area contributed by atoms with Crippen LogP contribution in [0.3, 0.4) is 0 Å². The Balaban J connectivity index is 1.70. The number of hydrogen-bond acceptors (Lipinski definition) is 6. The topological polar surface area (TPSA) is 89.9 Å². The summed E-state index contributed by atoms with van der Waals surface area (Å²) in [6, 6.07) is 0. The summed E-state index contributed by atoms with van der Waals surface area (Å²) in [5.41, 5.74) is -2.01. The summed E-state index contributed by atoms with van der Waals surface area (Å²) >= 11 is 0. The zero-order valence-corrected chi connectivity index (χ0v) is 17.1. The molecule has 8 unspecified atom stereocenters. The minimum atomic E-state index is -1.36. The van der Waals surface area contributed by atoms with Crippen LogP contribution in [0.15, 0.2) is 23.8 Å². The lowest BCUT2D eigenvalue weighted by Gasteiger charge is -2.62. The van der Waals surface area contributed by atoms with Crippen LogP contribution in [0.5, 0.6) is 0 Å². The van der Waals surface area contributed by atoms with Crippen molar-refractivity contribution in [3.8, 4) is 0 Å². The van der Waals surface area contributed by atoms with Crippen molar-refractivity contribution >= 4 is 17.7 Å². The maximum absolute atomic E-state index is 13.1. The van der Waals surface area contributed by atoms with Gasteiger partial charge in [0.05, 0.1) is 5.41 Å². The molecule has 0 aromatic rings. The second-order valence-corrected chi connectivity index (χ2v) is 9.85. The highest BCUT2D eigenvalue weighted by Crippen LogP contribution is 2.69. The Hall–Kier alpha value is -1.95. The van der Waals surface area contributed by atoms with Crippen LogP contribution in [0.4, 0.5) is 0 Å². The Morgan fingerprint density at radius 2 is 2.00 bits per heavy atom. The van der Waals surface area contributed by atoms with E-state index >= 15 is 0 Å². The first kappa shape index (κ1) is 19.0. The van der Waals surface area contributed by atoms with E-state index in [2.05, 4.69) is 0 Å². The van der Waals surface area contributed by atoms with Crippen molar-refractivity contribution in [2.24, 2.45) is 28.6 Å². The van der Waals surface area contributed by atoms with Gasteiger partial charge in [-0.1, -0.05) is 19.1 Å². The normalized spacial score (nSPS) is 50.1. The third-order valence-electron chi connectivity index (χ3n) is 8.81. The van der Waals surface area contributed by atoms with Crippen LogP contribution in [0.2, 0.25) is 0 Å². The molecule has 6 nitrogen and oxygen atoms in total. The first-order valence-electron chi connectivity index (χ1n) is 10.7. The number of allylic oxidation sites excluding steroid dienone is 2. The van der Waals surface area contributed by atoms with Gasteiger partial charge >= 0.3 is 11.9 Å². The smallest absolute Gasteiger partial charge is 0.313 e. The van der Waals surface area contributed by atoms with Gasteiger partial charge in [-0.2, -0.15) is 0 Å². The van der Waals surface area contributed by atoms with Crippen LogP contribution in [-0.2, 0) is 23.9 Å². The first-order valence-corrected chi connectivity index (χ1v) is 10.7. The highest BCUT2D eigenvalue weighted by atomic mass is 16.6. The molecule has 0 radical (unpaired) electrons. The largest absolute Gasteiger partial charge is 0.462 e. The number of ketones is 1. The van der Waals surface area contributed by atoms with Gasteiger partial charge in [0, 0.05) is 37.0 Å². The van der Waals surface area contributed by atoms with E-state index in [1.54, 1.807) is 6.08 Å². The molecule has 1 N–H and O–H groups in total. The molecular weight excluding hydrogens is 372 g/mol. The van der Waals surface area contributed by atoms with Gasteiger partial charge in [0.25, 0.3) is 0 Å². The van der Waals surface area contributed by atoms with Crippen LogP contribution in [0, 0.1) is 28.6 Å². The zero-order chi connectivity index (χ0) is 20.8. The molecule has 0 aromatic carbocycles. The summed E-state index contributed by atoms with van der Waals surface area (Å²) in [4.78, 5) is 37.2. The lowest BCUT2D eigenvalue weighted by molar-refractivity contribution is -0.237. The predicted molar refractivity (Wildman–Crippen MR) is 102 cm³/mol. The van der Waals surface area contributed by atoms with E-state index in [1.807, 2.05) is 26.0 Å². The maximum Gasteiger partial charge on any atom is 0.313 e. The number of aliphatic hydroxyl groups is 1. The van der Waals surface area contributed by atoms with Gasteiger partial charge < -0.3 is 14.6 Å².